The molecule has 0 aliphatic carbocycles. The molecule has 1 aromatic rings. The topological polar surface area (TPSA) is 26.3 Å². The van der Waals surface area contributed by atoms with Crippen LogP contribution in [0.5, 0.6) is 0 Å². The van der Waals surface area contributed by atoms with Crippen molar-refractivity contribution < 1.29 is 9.53 Å². The molecule has 2 nitrogen and oxygen atoms in total. The van der Waals surface area contributed by atoms with Gasteiger partial charge in [0, 0.05) is 0 Å². The molecule has 0 bridgehead atoms. The second-order valence-corrected chi connectivity index (χ2v) is 5.24. The van der Waals surface area contributed by atoms with Crippen LogP contribution in [0, 0.1) is 0 Å². The van der Waals surface area contributed by atoms with Crippen LogP contribution < -0.4 is 0 Å². The molecule has 21 heavy (non-hydrogen) atoms. The van der Waals surface area contributed by atoms with E-state index in [2.05, 4.69) is 19.9 Å². The molecule has 0 radical (unpaired) electrons. The highest BCUT2D eigenvalue weighted by Crippen LogP contribution is 2.09. The summed E-state index contributed by atoms with van der Waals surface area (Å²) in [5.41, 5.74) is 3.38. The summed E-state index contributed by atoms with van der Waals surface area (Å²) in [6, 6.07) is 10.0. The summed E-state index contributed by atoms with van der Waals surface area (Å²) in [7, 11) is 0. The smallest absolute Gasteiger partial charge is 0.145 e. The van der Waals surface area contributed by atoms with Gasteiger partial charge in [0.25, 0.3) is 0 Å². The zero-order valence-corrected chi connectivity index (χ0v) is 13.2. The number of ether oxygens (including phenoxy) is 1. The van der Waals surface area contributed by atoms with E-state index in [0.717, 1.165) is 36.7 Å². The van der Waals surface area contributed by atoms with Crippen molar-refractivity contribution in [2.45, 2.75) is 46.1 Å². The monoisotopic (exact) mass is 286 g/mol. The molecular formula is C19H26O2. The van der Waals surface area contributed by atoms with E-state index in [1.807, 2.05) is 36.4 Å². The van der Waals surface area contributed by atoms with Crippen LogP contribution in [0.15, 0.2) is 53.6 Å². The van der Waals surface area contributed by atoms with Gasteiger partial charge in [-0.3, -0.25) is 4.79 Å². The highest BCUT2D eigenvalue weighted by Gasteiger charge is 1.96. The maximum Gasteiger partial charge on any atom is 0.145 e. The summed E-state index contributed by atoms with van der Waals surface area (Å²) in [6.45, 7) is 5.40. The average Bonchev–Trinajstić information content (AvgIpc) is 2.51. The van der Waals surface area contributed by atoms with Crippen LogP contribution >= 0.6 is 0 Å². The van der Waals surface area contributed by atoms with Crippen molar-refractivity contribution >= 4 is 6.29 Å². The first-order valence-electron chi connectivity index (χ1n) is 7.67. The van der Waals surface area contributed by atoms with Gasteiger partial charge in [0.05, 0.1) is 13.2 Å². The first kappa shape index (κ1) is 17.4. The fraction of sp³-hybridized carbons (Fsp3) is 0.421. The van der Waals surface area contributed by atoms with Crippen LogP contribution in [0.1, 0.15) is 45.1 Å². The Kier molecular flexibility index (Phi) is 9.14. The maximum absolute atomic E-state index is 11.0. The van der Waals surface area contributed by atoms with Crippen molar-refractivity contribution in [3.8, 4) is 0 Å². The standard InChI is InChI=1S/C19H26O2/c1-3-8-17(2)9-7-12-18(15-20)13-14-21-16-19-10-5-4-6-11-19/h4-6,9-11,13,15H,3,7-8,12,14,16H2,1-2H3/b17-9-,18-13+. The Balaban J connectivity index is 2.28. The summed E-state index contributed by atoms with van der Waals surface area (Å²) in [5, 5.41) is 0. The molecule has 2 heteroatoms. The van der Waals surface area contributed by atoms with Gasteiger partial charge in [-0.25, -0.2) is 0 Å². The molecular weight excluding hydrogens is 260 g/mol. The third kappa shape index (κ3) is 8.26. The highest BCUT2D eigenvalue weighted by molar-refractivity contribution is 5.73. The number of aldehydes is 1. The van der Waals surface area contributed by atoms with Crippen molar-refractivity contribution in [3.63, 3.8) is 0 Å². The normalized spacial score (nSPS) is 12.5. The lowest BCUT2D eigenvalue weighted by atomic mass is 10.1. The lowest BCUT2D eigenvalue weighted by molar-refractivity contribution is -0.105. The first-order valence-corrected chi connectivity index (χ1v) is 7.67. The Morgan fingerprint density at radius 1 is 1.14 bits per heavy atom. The summed E-state index contributed by atoms with van der Waals surface area (Å²) < 4.78 is 5.57. The van der Waals surface area contributed by atoms with Crippen LogP contribution in [0.3, 0.4) is 0 Å². The molecule has 0 N–H and O–H groups in total. The molecule has 0 aromatic heterocycles. The quantitative estimate of drug-likeness (QED) is 0.266. The molecule has 0 saturated carbocycles. The largest absolute Gasteiger partial charge is 0.373 e. The molecule has 0 amide bonds. The van der Waals surface area contributed by atoms with E-state index in [1.54, 1.807) is 0 Å². The van der Waals surface area contributed by atoms with Gasteiger partial charge < -0.3 is 4.74 Å². The number of hydrogen-bond acceptors (Lipinski definition) is 2. The van der Waals surface area contributed by atoms with Crippen molar-refractivity contribution in [2.75, 3.05) is 6.61 Å². The SMILES string of the molecule is CCC/C(C)=C\CC/C(C=O)=C\COCc1ccccc1. The van der Waals surface area contributed by atoms with Gasteiger partial charge in [-0.2, -0.15) is 0 Å². The van der Waals surface area contributed by atoms with Gasteiger partial charge in [-0.1, -0.05) is 61.4 Å². The molecule has 114 valence electrons. The Morgan fingerprint density at radius 2 is 1.90 bits per heavy atom. The number of carbonyl (C=O) groups is 1. The number of allylic oxidation sites excluding steroid dienone is 3. The van der Waals surface area contributed by atoms with Crippen molar-refractivity contribution in [1.82, 2.24) is 0 Å². The Bertz CT molecular complexity index is 458. The van der Waals surface area contributed by atoms with Crippen LogP contribution in [0.25, 0.3) is 0 Å². The number of rotatable bonds is 10. The summed E-state index contributed by atoms with van der Waals surface area (Å²) in [4.78, 5) is 11.0. The van der Waals surface area contributed by atoms with Crippen LogP contribution in [-0.4, -0.2) is 12.9 Å². The average molecular weight is 286 g/mol. The van der Waals surface area contributed by atoms with Crippen molar-refractivity contribution in [1.29, 1.82) is 0 Å². The minimum Gasteiger partial charge on any atom is -0.373 e. The molecule has 0 fully saturated rings. The Hall–Kier alpha value is -1.67. The minimum absolute atomic E-state index is 0.487. The van der Waals surface area contributed by atoms with E-state index in [0.29, 0.717) is 13.2 Å². The fourth-order valence-corrected chi connectivity index (χ4v) is 2.11. The van der Waals surface area contributed by atoms with Gasteiger partial charge in [-0.05, 0) is 37.3 Å². The second kappa shape index (κ2) is 11.0. The zero-order chi connectivity index (χ0) is 15.3. The molecule has 0 spiro atoms. The van der Waals surface area contributed by atoms with Crippen LogP contribution in [-0.2, 0) is 16.1 Å². The van der Waals surface area contributed by atoms with E-state index in [9.17, 15) is 4.79 Å². The number of benzene rings is 1. The Morgan fingerprint density at radius 3 is 2.57 bits per heavy atom. The molecule has 1 rings (SSSR count). The predicted octanol–water partition coefficient (Wildman–Crippen LogP) is 4.86. The third-order valence-corrected chi connectivity index (χ3v) is 3.30. The Labute approximate surface area is 128 Å². The first-order chi connectivity index (χ1) is 10.3. The molecule has 0 saturated heterocycles. The van der Waals surface area contributed by atoms with E-state index < -0.39 is 0 Å². The number of carbonyl (C=O) groups excluding carboxylic acids is 1. The van der Waals surface area contributed by atoms with E-state index in [-0.39, 0.29) is 0 Å². The van der Waals surface area contributed by atoms with Crippen LogP contribution in [0.2, 0.25) is 0 Å². The minimum atomic E-state index is 0.487. The van der Waals surface area contributed by atoms with Gasteiger partial charge >= 0.3 is 0 Å². The lowest BCUT2D eigenvalue weighted by Crippen LogP contribution is -1.95. The maximum atomic E-state index is 11.0. The molecule has 0 heterocycles. The van der Waals surface area contributed by atoms with Crippen LogP contribution in [0.4, 0.5) is 0 Å². The predicted molar refractivity (Wildman–Crippen MR) is 88.1 cm³/mol. The summed E-state index contributed by atoms with van der Waals surface area (Å²) in [6.07, 6.45) is 9.08. The number of hydrogen-bond donors (Lipinski definition) is 0. The lowest BCUT2D eigenvalue weighted by Gasteiger charge is -2.03. The zero-order valence-electron chi connectivity index (χ0n) is 13.2. The van der Waals surface area contributed by atoms with Gasteiger partial charge in [0.15, 0.2) is 0 Å². The van der Waals surface area contributed by atoms with Crippen molar-refractivity contribution in [3.05, 3.63) is 59.2 Å². The molecule has 0 unspecified atom stereocenters. The third-order valence-electron chi connectivity index (χ3n) is 3.30. The van der Waals surface area contributed by atoms with E-state index in [4.69, 9.17) is 4.74 Å². The van der Waals surface area contributed by atoms with E-state index >= 15 is 0 Å². The summed E-state index contributed by atoms with van der Waals surface area (Å²) in [5.74, 6) is 0. The molecule has 0 atom stereocenters. The molecule has 0 aliphatic rings. The summed E-state index contributed by atoms with van der Waals surface area (Å²) >= 11 is 0. The van der Waals surface area contributed by atoms with Crippen molar-refractivity contribution in [2.24, 2.45) is 0 Å². The van der Waals surface area contributed by atoms with E-state index in [1.165, 1.54) is 12.0 Å². The highest BCUT2D eigenvalue weighted by atomic mass is 16.5. The second-order valence-electron chi connectivity index (χ2n) is 5.24. The molecule has 1 aromatic carbocycles. The van der Waals surface area contributed by atoms with Gasteiger partial charge in [-0.15, -0.1) is 0 Å². The fourth-order valence-electron chi connectivity index (χ4n) is 2.11. The van der Waals surface area contributed by atoms with Gasteiger partial charge in [0.1, 0.15) is 6.29 Å². The molecule has 0 aliphatic heterocycles. The van der Waals surface area contributed by atoms with Gasteiger partial charge in [0.2, 0.25) is 0 Å².